The molecule has 0 aliphatic rings. The van der Waals surface area contributed by atoms with Crippen molar-refractivity contribution in [1.82, 2.24) is 19.5 Å². The summed E-state index contributed by atoms with van der Waals surface area (Å²) in [5.41, 5.74) is 5.06. The molecule has 6 rings (SSSR count). The Morgan fingerprint density at radius 2 is 1.64 bits per heavy atom. The van der Waals surface area contributed by atoms with Crippen LogP contribution in [0, 0.1) is 6.92 Å². The number of hydrogen-bond donors (Lipinski definition) is 1. The number of halogens is 1. The third-order valence-corrected chi connectivity index (χ3v) is 8.70. The van der Waals surface area contributed by atoms with Crippen molar-refractivity contribution in [2.45, 2.75) is 29.8 Å². The highest BCUT2D eigenvalue weighted by molar-refractivity contribution is 7.91. The number of fused-ring (bicyclic) bond motifs is 1. The number of nitrogens with one attached hydrogen (secondary N) is 1. The zero-order valence-corrected chi connectivity index (χ0v) is 22.7. The highest BCUT2D eigenvalue weighted by Crippen LogP contribution is 2.31. The van der Waals surface area contributed by atoms with Crippen molar-refractivity contribution in [3.05, 3.63) is 131 Å². The van der Waals surface area contributed by atoms with Gasteiger partial charge >= 0.3 is 0 Å². The fourth-order valence-electron chi connectivity index (χ4n) is 4.76. The summed E-state index contributed by atoms with van der Waals surface area (Å²) < 4.78 is 29.7. The summed E-state index contributed by atoms with van der Waals surface area (Å²) in [5.74, 6) is 0.552. The molecule has 0 fully saturated rings. The molecule has 0 saturated heterocycles. The number of imidazole rings is 1. The number of sulfone groups is 1. The lowest BCUT2D eigenvalue weighted by molar-refractivity contribution is 0.593. The molecule has 39 heavy (non-hydrogen) atoms. The second-order valence-electron chi connectivity index (χ2n) is 9.50. The van der Waals surface area contributed by atoms with Gasteiger partial charge in [-0.3, -0.25) is 4.98 Å². The Bertz CT molecular complexity index is 1880. The van der Waals surface area contributed by atoms with Crippen molar-refractivity contribution in [3.8, 4) is 11.4 Å². The van der Waals surface area contributed by atoms with Crippen LogP contribution in [0.2, 0.25) is 5.02 Å². The first-order chi connectivity index (χ1) is 18.9. The van der Waals surface area contributed by atoms with Crippen LogP contribution in [0.25, 0.3) is 22.3 Å². The minimum Gasteiger partial charge on any atom is -0.343 e. The maximum atomic E-state index is 13.7. The van der Waals surface area contributed by atoms with E-state index in [2.05, 4.69) is 32.9 Å². The van der Waals surface area contributed by atoms with Crippen LogP contribution in [-0.2, 0) is 22.8 Å². The van der Waals surface area contributed by atoms with Gasteiger partial charge in [0.15, 0.2) is 5.03 Å². The number of para-hydroxylation sites is 1. The van der Waals surface area contributed by atoms with Gasteiger partial charge in [0.05, 0.1) is 10.6 Å². The molecular formula is C31H25ClN4O2S. The van der Waals surface area contributed by atoms with Gasteiger partial charge in [-0.05, 0) is 60.5 Å². The van der Waals surface area contributed by atoms with E-state index in [1.807, 2.05) is 49.4 Å². The third-order valence-electron chi connectivity index (χ3n) is 6.72. The molecule has 194 valence electrons. The first-order valence-corrected chi connectivity index (χ1v) is 14.4. The molecule has 0 spiro atoms. The summed E-state index contributed by atoms with van der Waals surface area (Å²) in [7, 11) is -3.86. The number of aromatic nitrogens is 4. The lowest BCUT2D eigenvalue weighted by atomic mass is 10.1. The van der Waals surface area contributed by atoms with E-state index >= 15 is 0 Å². The molecule has 0 unspecified atom stereocenters. The quantitative estimate of drug-likeness (QED) is 0.234. The number of H-pyrrole nitrogens is 1. The highest BCUT2D eigenvalue weighted by Gasteiger charge is 2.27. The fourth-order valence-corrected chi connectivity index (χ4v) is 6.27. The Morgan fingerprint density at radius 1 is 0.897 bits per heavy atom. The molecule has 1 N–H and O–H groups in total. The van der Waals surface area contributed by atoms with Crippen LogP contribution in [-0.4, -0.2) is 27.9 Å². The smallest absolute Gasteiger partial charge is 0.224 e. The molecule has 6 aromatic rings. The van der Waals surface area contributed by atoms with E-state index in [9.17, 15) is 8.42 Å². The summed E-state index contributed by atoms with van der Waals surface area (Å²) in [6.07, 6.45) is 4.17. The van der Waals surface area contributed by atoms with Crippen molar-refractivity contribution in [2.24, 2.45) is 0 Å². The van der Waals surface area contributed by atoms with Crippen LogP contribution in [0.1, 0.15) is 22.5 Å². The van der Waals surface area contributed by atoms with Gasteiger partial charge in [-0.1, -0.05) is 65.7 Å². The van der Waals surface area contributed by atoms with Gasteiger partial charge in [0.2, 0.25) is 9.84 Å². The molecule has 0 radical (unpaired) electrons. The summed E-state index contributed by atoms with van der Waals surface area (Å²) in [4.78, 5) is 12.5. The Labute approximate surface area is 231 Å². The van der Waals surface area contributed by atoms with E-state index in [0.717, 1.165) is 27.6 Å². The van der Waals surface area contributed by atoms with Gasteiger partial charge in [-0.25, -0.2) is 13.4 Å². The number of hydrogen-bond acceptors (Lipinski definition) is 4. The molecule has 3 aromatic carbocycles. The van der Waals surface area contributed by atoms with Gasteiger partial charge in [0, 0.05) is 41.3 Å². The molecule has 0 bridgehead atoms. The minimum atomic E-state index is -3.86. The van der Waals surface area contributed by atoms with E-state index in [4.69, 9.17) is 16.6 Å². The van der Waals surface area contributed by atoms with Gasteiger partial charge in [-0.2, -0.15) is 0 Å². The number of aryl methyl sites for hydroxylation is 1. The Balaban J connectivity index is 1.42. The van der Waals surface area contributed by atoms with Gasteiger partial charge in [-0.15, -0.1) is 0 Å². The predicted molar refractivity (Wildman–Crippen MR) is 154 cm³/mol. The van der Waals surface area contributed by atoms with E-state index in [-0.39, 0.29) is 9.92 Å². The van der Waals surface area contributed by atoms with Crippen LogP contribution < -0.4 is 0 Å². The Hall–Kier alpha value is -4.20. The average molecular weight is 553 g/mol. The number of benzene rings is 3. The van der Waals surface area contributed by atoms with Gasteiger partial charge in [0.25, 0.3) is 0 Å². The molecule has 0 saturated carbocycles. The standard InChI is InChI=1S/C31H25ClN4O2S/c1-21-9-15-25(16-10-21)39(37,38)31-30(27-7-4-5-17-33-27)34-29(35-31)18-23-20-36(28-8-3-2-6-26(23)28)19-22-11-13-24(32)14-12-22/h2-17,20H,18-19H2,1H3,(H,34,35). The summed E-state index contributed by atoms with van der Waals surface area (Å²) in [5, 5.41) is 1.84. The highest BCUT2D eigenvalue weighted by atomic mass is 35.5. The maximum Gasteiger partial charge on any atom is 0.224 e. The molecule has 6 nitrogen and oxygen atoms in total. The zero-order valence-electron chi connectivity index (χ0n) is 21.2. The van der Waals surface area contributed by atoms with Crippen molar-refractivity contribution in [2.75, 3.05) is 0 Å². The van der Waals surface area contributed by atoms with Crippen LogP contribution >= 0.6 is 11.6 Å². The van der Waals surface area contributed by atoms with E-state index in [0.29, 0.717) is 35.2 Å². The molecule has 3 aromatic heterocycles. The van der Waals surface area contributed by atoms with E-state index in [1.165, 1.54) is 0 Å². The number of pyridine rings is 1. The molecular weight excluding hydrogens is 528 g/mol. The SMILES string of the molecule is Cc1ccc(S(=O)(=O)c2[nH]c(Cc3cn(Cc4ccc(Cl)cc4)c4ccccc34)nc2-c2ccccn2)cc1. The summed E-state index contributed by atoms with van der Waals surface area (Å²) in [6, 6.07) is 28.2. The molecule has 0 amide bonds. The number of aromatic amines is 1. The van der Waals surface area contributed by atoms with Crippen molar-refractivity contribution in [3.63, 3.8) is 0 Å². The maximum absolute atomic E-state index is 13.7. The van der Waals surface area contributed by atoms with Crippen LogP contribution in [0.3, 0.4) is 0 Å². The van der Waals surface area contributed by atoms with E-state index in [1.54, 1.807) is 42.6 Å². The lowest BCUT2D eigenvalue weighted by Crippen LogP contribution is -2.05. The zero-order chi connectivity index (χ0) is 27.0. The molecule has 0 aliphatic carbocycles. The molecule has 0 atom stereocenters. The average Bonchev–Trinajstić information content (AvgIpc) is 3.53. The second kappa shape index (κ2) is 10.2. The van der Waals surface area contributed by atoms with Crippen LogP contribution in [0.4, 0.5) is 0 Å². The lowest BCUT2D eigenvalue weighted by Gasteiger charge is -2.05. The summed E-state index contributed by atoms with van der Waals surface area (Å²) >= 11 is 6.08. The first kappa shape index (κ1) is 25.1. The Kier molecular flexibility index (Phi) is 6.54. The number of rotatable bonds is 7. The third kappa shape index (κ3) is 4.99. The van der Waals surface area contributed by atoms with Crippen LogP contribution in [0.15, 0.2) is 113 Å². The topological polar surface area (TPSA) is 80.6 Å². The predicted octanol–water partition coefficient (Wildman–Crippen LogP) is 6.86. The van der Waals surface area contributed by atoms with Crippen molar-refractivity contribution >= 4 is 32.3 Å². The molecule has 0 aliphatic heterocycles. The fraction of sp³-hybridized carbons (Fsp3) is 0.0968. The second-order valence-corrected chi connectivity index (χ2v) is 11.8. The first-order valence-electron chi connectivity index (χ1n) is 12.5. The van der Waals surface area contributed by atoms with Gasteiger partial charge < -0.3 is 9.55 Å². The monoisotopic (exact) mass is 552 g/mol. The van der Waals surface area contributed by atoms with Gasteiger partial charge in [0.1, 0.15) is 11.5 Å². The normalized spacial score (nSPS) is 11.7. The molecule has 3 heterocycles. The van der Waals surface area contributed by atoms with E-state index < -0.39 is 9.84 Å². The molecule has 8 heteroatoms. The Morgan fingerprint density at radius 3 is 2.38 bits per heavy atom. The van der Waals surface area contributed by atoms with Crippen LogP contribution in [0.5, 0.6) is 0 Å². The van der Waals surface area contributed by atoms with Crippen molar-refractivity contribution in [1.29, 1.82) is 0 Å². The largest absolute Gasteiger partial charge is 0.343 e. The van der Waals surface area contributed by atoms with Crippen molar-refractivity contribution < 1.29 is 8.42 Å². The summed E-state index contributed by atoms with van der Waals surface area (Å²) in [6.45, 7) is 2.61. The number of nitrogens with zero attached hydrogens (tertiary/aromatic N) is 3. The minimum absolute atomic E-state index is 0.0463.